The molecule has 0 spiro atoms. The van der Waals surface area contributed by atoms with Gasteiger partial charge < -0.3 is 9.52 Å². The monoisotopic (exact) mass is 353 g/mol. The van der Waals surface area contributed by atoms with Crippen molar-refractivity contribution in [3.05, 3.63) is 84.4 Å². The number of furan rings is 1. The molecule has 2 rings (SSSR count). The SMILES string of the molecule is C=CCC(O)(CC=C)c1ccc(CN(CCC)Cc2cccc(C)c2)o1. The number of nitrogens with zero attached hydrogens (tertiary/aromatic N) is 1. The maximum atomic E-state index is 10.8. The molecule has 0 aliphatic heterocycles. The minimum absolute atomic E-state index is 0.438. The Morgan fingerprint density at radius 2 is 1.85 bits per heavy atom. The molecule has 0 bridgehead atoms. The summed E-state index contributed by atoms with van der Waals surface area (Å²) < 4.78 is 6.00. The van der Waals surface area contributed by atoms with E-state index in [0.717, 1.165) is 31.8 Å². The van der Waals surface area contributed by atoms with E-state index in [2.05, 4.69) is 56.2 Å². The van der Waals surface area contributed by atoms with Crippen molar-refractivity contribution in [2.24, 2.45) is 0 Å². The predicted octanol–water partition coefficient (Wildman–Crippen LogP) is 5.34. The highest BCUT2D eigenvalue weighted by molar-refractivity contribution is 5.22. The Hall–Kier alpha value is -2.10. The van der Waals surface area contributed by atoms with E-state index in [1.807, 2.05) is 12.1 Å². The average Bonchev–Trinajstić information content (AvgIpc) is 3.05. The Morgan fingerprint density at radius 3 is 2.46 bits per heavy atom. The first kappa shape index (κ1) is 20.2. The Balaban J connectivity index is 2.12. The van der Waals surface area contributed by atoms with Gasteiger partial charge in [-0.25, -0.2) is 0 Å². The molecule has 140 valence electrons. The highest BCUT2D eigenvalue weighted by Gasteiger charge is 2.30. The lowest BCUT2D eigenvalue weighted by Crippen LogP contribution is -2.24. The fourth-order valence-corrected chi connectivity index (χ4v) is 3.29. The van der Waals surface area contributed by atoms with Gasteiger partial charge in [-0.05, 0) is 37.6 Å². The third-order valence-electron chi connectivity index (χ3n) is 4.49. The summed E-state index contributed by atoms with van der Waals surface area (Å²) in [6.07, 6.45) is 5.39. The molecule has 0 saturated carbocycles. The normalized spacial score (nSPS) is 11.7. The molecule has 0 atom stereocenters. The lowest BCUT2D eigenvalue weighted by molar-refractivity contribution is 0.0186. The molecule has 0 aliphatic carbocycles. The summed E-state index contributed by atoms with van der Waals surface area (Å²) >= 11 is 0. The van der Waals surface area contributed by atoms with E-state index >= 15 is 0 Å². The molecule has 0 radical (unpaired) electrons. The van der Waals surface area contributed by atoms with Crippen LogP contribution in [-0.4, -0.2) is 16.6 Å². The van der Waals surface area contributed by atoms with E-state index in [0.29, 0.717) is 18.6 Å². The quantitative estimate of drug-likeness (QED) is 0.554. The molecule has 0 unspecified atom stereocenters. The molecule has 1 aromatic heterocycles. The molecular weight excluding hydrogens is 322 g/mol. The van der Waals surface area contributed by atoms with E-state index in [1.165, 1.54) is 11.1 Å². The molecule has 3 nitrogen and oxygen atoms in total. The number of aryl methyl sites for hydroxylation is 1. The van der Waals surface area contributed by atoms with Gasteiger partial charge in [-0.15, -0.1) is 13.2 Å². The lowest BCUT2D eigenvalue weighted by Gasteiger charge is -2.23. The fourth-order valence-electron chi connectivity index (χ4n) is 3.29. The van der Waals surface area contributed by atoms with Gasteiger partial charge in [-0.3, -0.25) is 4.90 Å². The van der Waals surface area contributed by atoms with Crippen LogP contribution >= 0.6 is 0 Å². The van der Waals surface area contributed by atoms with Crippen molar-refractivity contribution >= 4 is 0 Å². The first-order valence-electron chi connectivity index (χ1n) is 9.32. The highest BCUT2D eigenvalue weighted by atomic mass is 16.4. The second-order valence-electron chi connectivity index (χ2n) is 6.98. The third kappa shape index (κ3) is 5.45. The molecule has 1 N–H and O–H groups in total. The van der Waals surface area contributed by atoms with Crippen molar-refractivity contribution in [2.75, 3.05) is 6.54 Å². The van der Waals surface area contributed by atoms with Gasteiger partial charge in [0.15, 0.2) is 0 Å². The molecule has 0 amide bonds. The predicted molar refractivity (Wildman–Crippen MR) is 108 cm³/mol. The van der Waals surface area contributed by atoms with Crippen molar-refractivity contribution in [1.82, 2.24) is 4.90 Å². The van der Waals surface area contributed by atoms with Crippen LogP contribution in [0.25, 0.3) is 0 Å². The summed E-state index contributed by atoms with van der Waals surface area (Å²) in [5.74, 6) is 1.45. The van der Waals surface area contributed by atoms with Crippen LogP contribution in [0.1, 0.15) is 48.8 Å². The number of hydrogen-bond donors (Lipinski definition) is 1. The molecule has 3 heteroatoms. The van der Waals surface area contributed by atoms with Gasteiger partial charge in [0, 0.05) is 19.4 Å². The van der Waals surface area contributed by atoms with Crippen molar-refractivity contribution < 1.29 is 9.52 Å². The standard InChI is InChI=1S/C23H31NO2/c1-5-13-23(25,14-6-2)22-12-11-21(26-22)18-24(15-7-3)17-20-10-8-9-19(4)16-20/h5-6,8-12,16,25H,1-2,7,13-15,17-18H2,3-4H3. The lowest BCUT2D eigenvalue weighted by atomic mass is 9.93. The van der Waals surface area contributed by atoms with E-state index < -0.39 is 5.60 Å². The van der Waals surface area contributed by atoms with Crippen LogP contribution in [0.15, 0.2) is 66.1 Å². The van der Waals surface area contributed by atoms with Crippen LogP contribution in [-0.2, 0) is 18.7 Å². The van der Waals surface area contributed by atoms with E-state index in [9.17, 15) is 5.11 Å². The third-order valence-corrected chi connectivity index (χ3v) is 4.49. The summed E-state index contributed by atoms with van der Waals surface area (Å²) in [4.78, 5) is 2.37. The maximum Gasteiger partial charge on any atom is 0.136 e. The molecule has 1 aromatic carbocycles. The zero-order valence-corrected chi connectivity index (χ0v) is 16.1. The zero-order chi connectivity index (χ0) is 19.0. The van der Waals surface area contributed by atoms with E-state index in [-0.39, 0.29) is 0 Å². The van der Waals surface area contributed by atoms with Gasteiger partial charge in [0.25, 0.3) is 0 Å². The van der Waals surface area contributed by atoms with Crippen LogP contribution in [0.4, 0.5) is 0 Å². The van der Waals surface area contributed by atoms with Gasteiger partial charge in [0.05, 0.1) is 6.54 Å². The second kappa shape index (κ2) is 9.56. The van der Waals surface area contributed by atoms with Crippen LogP contribution in [0.3, 0.4) is 0 Å². The Bertz CT molecular complexity index is 707. The van der Waals surface area contributed by atoms with Gasteiger partial charge in [0.2, 0.25) is 0 Å². The largest absolute Gasteiger partial charge is 0.462 e. The molecule has 0 saturated heterocycles. The molecule has 1 heterocycles. The summed E-state index contributed by atoms with van der Waals surface area (Å²) in [6.45, 7) is 14.4. The summed E-state index contributed by atoms with van der Waals surface area (Å²) in [6, 6.07) is 12.4. The zero-order valence-electron chi connectivity index (χ0n) is 16.1. The minimum atomic E-state index is -1.06. The number of rotatable bonds is 11. The number of hydrogen-bond acceptors (Lipinski definition) is 3. The van der Waals surface area contributed by atoms with Gasteiger partial charge in [-0.2, -0.15) is 0 Å². The smallest absolute Gasteiger partial charge is 0.136 e. The van der Waals surface area contributed by atoms with Gasteiger partial charge >= 0.3 is 0 Å². The van der Waals surface area contributed by atoms with Crippen LogP contribution in [0.5, 0.6) is 0 Å². The van der Waals surface area contributed by atoms with Crippen molar-refractivity contribution in [1.29, 1.82) is 0 Å². The summed E-state index contributed by atoms with van der Waals surface area (Å²) in [5.41, 5.74) is 1.52. The Morgan fingerprint density at radius 1 is 1.12 bits per heavy atom. The van der Waals surface area contributed by atoms with Gasteiger partial charge in [0.1, 0.15) is 17.1 Å². The van der Waals surface area contributed by atoms with Crippen LogP contribution in [0.2, 0.25) is 0 Å². The van der Waals surface area contributed by atoms with Crippen molar-refractivity contribution in [3.8, 4) is 0 Å². The Labute approximate surface area is 157 Å². The average molecular weight is 354 g/mol. The molecule has 0 aliphatic rings. The molecule has 0 fully saturated rings. The fraction of sp³-hybridized carbons (Fsp3) is 0.391. The first-order chi connectivity index (χ1) is 12.5. The van der Waals surface area contributed by atoms with Crippen LogP contribution in [0, 0.1) is 6.92 Å². The maximum absolute atomic E-state index is 10.8. The number of benzene rings is 1. The first-order valence-corrected chi connectivity index (χ1v) is 9.32. The van der Waals surface area contributed by atoms with E-state index in [4.69, 9.17) is 4.42 Å². The van der Waals surface area contributed by atoms with Gasteiger partial charge in [-0.1, -0.05) is 48.9 Å². The topological polar surface area (TPSA) is 36.6 Å². The number of aliphatic hydroxyl groups is 1. The molecule has 26 heavy (non-hydrogen) atoms. The Kier molecular flexibility index (Phi) is 7.43. The molecule has 2 aromatic rings. The molecular formula is C23H31NO2. The summed E-state index contributed by atoms with van der Waals surface area (Å²) in [5, 5.41) is 10.8. The minimum Gasteiger partial charge on any atom is -0.462 e. The highest BCUT2D eigenvalue weighted by Crippen LogP contribution is 2.31. The van der Waals surface area contributed by atoms with Crippen LogP contribution < -0.4 is 0 Å². The van der Waals surface area contributed by atoms with E-state index in [1.54, 1.807) is 12.2 Å². The van der Waals surface area contributed by atoms with Crippen molar-refractivity contribution in [3.63, 3.8) is 0 Å². The second-order valence-corrected chi connectivity index (χ2v) is 6.98. The van der Waals surface area contributed by atoms with Crippen molar-refractivity contribution in [2.45, 2.75) is 51.8 Å². The summed E-state index contributed by atoms with van der Waals surface area (Å²) in [7, 11) is 0.